The minimum atomic E-state index is -2.15. The Hall–Kier alpha value is -1.17. The van der Waals surface area contributed by atoms with E-state index in [2.05, 4.69) is 0 Å². The lowest BCUT2D eigenvalue weighted by Crippen LogP contribution is -2.18. The Morgan fingerprint density at radius 2 is 1.33 bits per heavy atom. The largest absolute Gasteiger partial charge is 0.324 e. The van der Waals surface area contributed by atoms with Crippen molar-refractivity contribution in [2.45, 2.75) is 31.7 Å². The van der Waals surface area contributed by atoms with Crippen LogP contribution >= 0.6 is 0 Å². The maximum atomic E-state index is 13.4. The molecule has 0 radical (unpaired) electrons. The molecule has 18 heavy (non-hydrogen) atoms. The van der Waals surface area contributed by atoms with Crippen molar-refractivity contribution in [3.05, 3.63) is 34.6 Å². The molecule has 0 spiro atoms. The molecule has 1 unspecified atom stereocenters. The highest BCUT2D eigenvalue weighted by atomic mass is 19.2. The fourth-order valence-corrected chi connectivity index (χ4v) is 1.91. The highest BCUT2D eigenvalue weighted by molar-refractivity contribution is 5.26. The third-order valence-corrected chi connectivity index (χ3v) is 3.20. The van der Waals surface area contributed by atoms with Crippen LogP contribution in [0.15, 0.2) is 0 Å². The number of rotatable bonds is 4. The Morgan fingerprint density at radius 1 is 0.889 bits per heavy atom. The Morgan fingerprint density at radius 3 is 1.78 bits per heavy atom. The lowest BCUT2D eigenvalue weighted by Gasteiger charge is -2.15. The van der Waals surface area contributed by atoms with Gasteiger partial charge in [0.15, 0.2) is 23.3 Å². The third-order valence-electron chi connectivity index (χ3n) is 3.20. The van der Waals surface area contributed by atoms with Gasteiger partial charge < -0.3 is 5.73 Å². The molecule has 1 nitrogen and oxygen atoms in total. The van der Waals surface area contributed by atoms with E-state index in [4.69, 9.17) is 5.73 Å². The van der Waals surface area contributed by atoms with Crippen LogP contribution in [0, 0.1) is 35.0 Å². The zero-order chi connectivity index (χ0) is 13.4. The summed E-state index contributed by atoms with van der Waals surface area (Å²) in [6.45, 7) is 0. The minimum absolute atomic E-state index is 0.211. The van der Waals surface area contributed by atoms with Crippen LogP contribution in [0.5, 0.6) is 0 Å². The number of benzene rings is 1. The van der Waals surface area contributed by atoms with Gasteiger partial charge in [-0.1, -0.05) is 12.8 Å². The topological polar surface area (TPSA) is 26.0 Å². The van der Waals surface area contributed by atoms with E-state index in [1.807, 2.05) is 0 Å². The first-order valence-corrected chi connectivity index (χ1v) is 5.70. The van der Waals surface area contributed by atoms with Crippen molar-refractivity contribution in [3.63, 3.8) is 0 Å². The van der Waals surface area contributed by atoms with Gasteiger partial charge in [-0.2, -0.15) is 0 Å². The number of nitrogens with two attached hydrogens (primary N) is 1. The van der Waals surface area contributed by atoms with Gasteiger partial charge in [-0.25, -0.2) is 22.0 Å². The highest BCUT2D eigenvalue weighted by Crippen LogP contribution is 2.36. The smallest absolute Gasteiger partial charge is 0.200 e. The van der Waals surface area contributed by atoms with Gasteiger partial charge in [-0.15, -0.1) is 0 Å². The minimum Gasteiger partial charge on any atom is -0.324 e. The van der Waals surface area contributed by atoms with Crippen molar-refractivity contribution in [1.29, 1.82) is 0 Å². The first kappa shape index (κ1) is 13.3. The monoisotopic (exact) mass is 265 g/mol. The van der Waals surface area contributed by atoms with Crippen LogP contribution in [-0.2, 0) is 0 Å². The van der Waals surface area contributed by atoms with Gasteiger partial charge in [0.25, 0.3) is 0 Å². The van der Waals surface area contributed by atoms with Gasteiger partial charge in [0.2, 0.25) is 5.82 Å². The molecule has 0 bridgehead atoms. The van der Waals surface area contributed by atoms with Gasteiger partial charge in [0.1, 0.15) is 0 Å². The van der Waals surface area contributed by atoms with Gasteiger partial charge in [-0.05, 0) is 18.8 Å². The van der Waals surface area contributed by atoms with E-state index in [0.29, 0.717) is 12.3 Å². The Bertz CT molecular complexity index is 441. The summed E-state index contributed by atoms with van der Waals surface area (Å²) in [6, 6.07) is -1.17. The molecule has 0 heterocycles. The normalized spacial score (nSPS) is 17.0. The van der Waals surface area contributed by atoms with E-state index in [9.17, 15) is 22.0 Å². The molecule has 2 rings (SSSR count). The van der Waals surface area contributed by atoms with Crippen LogP contribution in [0.2, 0.25) is 0 Å². The molecule has 1 aliphatic rings. The molecule has 0 saturated heterocycles. The summed E-state index contributed by atoms with van der Waals surface area (Å²) in [5, 5.41) is 0. The molecule has 0 aliphatic heterocycles. The molecule has 0 aromatic heterocycles. The molecule has 1 aromatic carbocycles. The predicted molar refractivity (Wildman–Crippen MR) is 55.1 cm³/mol. The van der Waals surface area contributed by atoms with Crippen molar-refractivity contribution in [1.82, 2.24) is 0 Å². The van der Waals surface area contributed by atoms with E-state index in [0.717, 1.165) is 12.8 Å². The molecule has 0 amide bonds. The van der Waals surface area contributed by atoms with E-state index in [-0.39, 0.29) is 6.42 Å². The Kier molecular flexibility index (Phi) is 3.56. The van der Waals surface area contributed by atoms with Crippen LogP contribution in [-0.4, -0.2) is 0 Å². The zero-order valence-electron chi connectivity index (χ0n) is 9.45. The van der Waals surface area contributed by atoms with E-state index in [1.165, 1.54) is 0 Å². The highest BCUT2D eigenvalue weighted by Gasteiger charge is 2.30. The quantitative estimate of drug-likeness (QED) is 0.502. The molecule has 1 atom stereocenters. The molecule has 1 saturated carbocycles. The molecule has 100 valence electrons. The second kappa shape index (κ2) is 4.84. The molecular weight excluding hydrogens is 253 g/mol. The molecule has 6 heteroatoms. The fraction of sp³-hybridized carbons (Fsp3) is 0.500. The molecule has 2 N–H and O–H groups in total. The van der Waals surface area contributed by atoms with Crippen LogP contribution < -0.4 is 5.73 Å². The fourth-order valence-electron chi connectivity index (χ4n) is 1.91. The zero-order valence-corrected chi connectivity index (χ0v) is 9.45. The summed E-state index contributed by atoms with van der Waals surface area (Å²) in [5.41, 5.74) is 4.61. The van der Waals surface area contributed by atoms with Crippen molar-refractivity contribution in [3.8, 4) is 0 Å². The van der Waals surface area contributed by atoms with Crippen LogP contribution in [0.1, 0.15) is 37.3 Å². The van der Waals surface area contributed by atoms with Gasteiger partial charge in [-0.3, -0.25) is 0 Å². The van der Waals surface area contributed by atoms with Gasteiger partial charge >= 0.3 is 0 Å². The Balaban J connectivity index is 2.30. The molecular formula is C12H12F5N. The average molecular weight is 265 g/mol. The predicted octanol–water partition coefficient (Wildman–Crippen LogP) is 3.57. The first-order chi connectivity index (χ1) is 8.43. The average Bonchev–Trinajstić information content (AvgIpc) is 3.15. The maximum Gasteiger partial charge on any atom is 0.200 e. The van der Waals surface area contributed by atoms with E-state index >= 15 is 0 Å². The van der Waals surface area contributed by atoms with Crippen molar-refractivity contribution in [2.75, 3.05) is 0 Å². The SMILES string of the molecule is NC(CCC1CC1)c1c(F)c(F)c(F)c(F)c1F. The van der Waals surface area contributed by atoms with E-state index < -0.39 is 40.7 Å². The Labute approximate surface area is 101 Å². The summed E-state index contributed by atoms with van der Waals surface area (Å²) in [6.07, 6.45) is 2.91. The molecule has 1 aromatic rings. The summed E-state index contributed by atoms with van der Waals surface area (Å²) < 4.78 is 65.5. The molecule has 1 aliphatic carbocycles. The number of hydrogen-bond acceptors (Lipinski definition) is 1. The lowest BCUT2D eigenvalue weighted by molar-refractivity contribution is 0.360. The number of hydrogen-bond donors (Lipinski definition) is 1. The van der Waals surface area contributed by atoms with Crippen LogP contribution in [0.3, 0.4) is 0 Å². The standard InChI is InChI=1S/C12H12F5N/c13-8-7(6(18)4-3-5-1-2-5)9(14)11(16)12(17)10(8)15/h5-6H,1-4,18H2. The first-order valence-electron chi connectivity index (χ1n) is 5.70. The van der Waals surface area contributed by atoms with Gasteiger partial charge in [0.05, 0.1) is 0 Å². The van der Waals surface area contributed by atoms with Crippen LogP contribution in [0.25, 0.3) is 0 Å². The van der Waals surface area contributed by atoms with Crippen LogP contribution in [0.4, 0.5) is 22.0 Å². The molecule has 1 fully saturated rings. The van der Waals surface area contributed by atoms with Crippen molar-refractivity contribution < 1.29 is 22.0 Å². The maximum absolute atomic E-state index is 13.4. The van der Waals surface area contributed by atoms with Crippen molar-refractivity contribution in [2.24, 2.45) is 11.7 Å². The second-order valence-corrected chi connectivity index (χ2v) is 4.61. The number of halogens is 5. The van der Waals surface area contributed by atoms with Gasteiger partial charge in [0, 0.05) is 11.6 Å². The summed E-state index contributed by atoms with van der Waals surface area (Å²) in [4.78, 5) is 0. The summed E-state index contributed by atoms with van der Waals surface area (Å²) in [5.74, 6) is -9.21. The van der Waals surface area contributed by atoms with E-state index in [1.54, 1.807) is 0 Å². The summed E-state index contributed by atoms with van der Waals surface area (Å²) in [7, 11) is 0. The lowest BCUT2D eigenvalue weighted by atomic mass is 9.99. The third kappa shape index (κ3) is 2.34. The second-order valence-electron chi connectivity index (χ2n) is 4.61. The van der Waals surface area contributed by atoms with Crippen molar-refractivity contribution >= 4 is 0 Å². The summed E-state index contributed by atoms with van der Waals surface area (Å²) >= 11 is 0.